The summed E-state index contributed by atoms with van der Waals surface area (Å²) in [5.41, 5.74) is 3.66. The first-order valence-corrected chi connectivity index (χ1v) is 8.66. The molecule has 0 spiro atoms. The predicted octanol–water partition coefficient (Wildman–Crippen LogP) is 3.72. The number of aromatic nitrogens is 3. The van der Waals surface area contributed by atoms with Crippen molar-refractivity contribution in [1.82, 2.24) is 14.8 Å². The minimum absolute atomic E-state index is 0.00411. The Morgan fingerprint density at radius 3 is 2.77 bits per heavy atom. The standard InChI is InChI=1S/C19H19N5O2/c25-24(26)15-9-10-19(20-11-15)22-17-7-4-8-18-16(17)12-21-23(18)13-14-5-2-1-3-6-14/h1-3,5-6,9-12,17H,4,7-8,13H2,(H,20,22). The van der Waals surface area contributed by atoms with Crippen LogP contribution < -0.4 is 5.32 Å². The fraction of sp³-hybridized carbons (Fsp3) is 0.263. The number of rotatable bonds is 5. The molecule has 0 radical (unpaired) electrons. The third-order valence-corrected chi connectivity index (χ3v) is 4.72. The monoisotopic (exact) mass is 349 g/mol. The second-order valence-corrected chi connectivity index (χ2v) is 6.44. The van der Waals surface area contributed by atoms with Gasteiger partial charge in [-0.1, -0.05) is 30.3 Å². The molecule has 7 heteroatoms. The number of nitro groups is 1. The van der Waals surface area contributed by atoms with Crippen LogP contribution in [0.2, 0.25) is 0 Å². The predicted molar refractivity (Wildman–Crippen MR) is 98.0 cm³/mol. The lowest BCUT2D eigenvalue weighted by atomic mass is 9.93. The van der Waals surface area contributed by atoms with Gasteiger partial charge in [-0.2, -0.15) is 5.10 Å². The van der Waals surface area contributed by atoms with Crippen LogP contribution in [0, 0.1) is 10.1 Å². The summed E-state index contributed by atoms with van der Waals surface area (Å²) in [6.07, 6.45) is 6.28. The van der Waals surface area contributed by atoms with Crippen LogP contribution in [0.25, 0.3) is 0 Å². The van der Waals surface area contributed by atoms with Crippen LogP contribution in [0.5, 0.6) is 0 Å². The van der Waals surface area contributed by atoms with Gasteiger partial charge in [0.1, 0.15) is 12.0 Å². The lowest BCUT2D eigenvalue weighted by Gasteiger charge is -2.24. The van der Waals surface area contributed by atoms with E-state index >= 15 is 0 Å². The van der Waals surface area contributed by atoms with E-state index in [2.05, 4.69) is 32.2 Å². The number of fused-ring (bicyclic) bond motifs is 1. The molecule has 7 nitrogen and oxygen atoms in total. The maximum atomic E-state index is 10.8. The largest absolute Gasteiger partial charge is 0.363 e. The van der Waals surface area contributed by atoms with E-state index in [0.717, 1.165) is 25.8 Å². The fourth-order valence-electron chi connectivity index (χ4n) is 3.42. The Morgan fingerprint density at radius 1 is 1.19 bits per heavy atom. The SMILES string of the molecule is O=[N+]([O-])c1ccc(NC2CCCc3c2cnn3Cc2ccccc2)nc1. The molecular formula is C19H19N5O2. The molecule has 3 aromatic rings. The minimum atomic E-state index is -0.441. The Hall–Kier alpha value is -3.22. The number of nitrogens with zero attached hydrogens (tertiary/aromatic N) is 4. The van der Waals surface area contributed by atoms with Gasteiger partial charge in [0.25, 0.3) is 5.69 Å². The molecule has 0 aliphatic heterocycles. The molecule has 26 heavy (non-hydrogen) atoms. The van der Waals surface area contributed by atoms with Crippen LogP contribution in [0.3, 0.4) is 0 Å². The Bertz CT molecular complexity index is 905. The van der Waals surface area contributed by atoms with Crippen molar-refractivity contribution in [3.05, 3.63) is 81.8 Å². The summed E-state index contributed by atoms with van der Waals surface area (Å²) in [5.74, 6) is 0.643. The summed E-state index contributed by atoms with van der Waals surface area (Å²) in [6.45, 7) is 0.763. The molecule has 1 aliphatic carbocycles. The van der Waals surface area contributed by atoms with Crippen molar-refractivity contribution >= 4 is 11.5 Å². The summed E-state index contributed by atoms with van der Waals surface area (Å²) in [5, 5.41) is 18.7. The van der Waals surface area contributed by atoms with Crippen molar-refractivity contribution in [3.63, 3.8) is 0 Å². The number of hydrogen-bond acceptors (Lipinski definition) is 5. The van der Waals surface area contributed by atoms with Gasteiger partial charge in [0.2, 0.25) is 0 Å². The average Bonchev–Trinajstić information content (AvgIpc) is 3.07. The zero-order valence-electron chi connectivity index (χ0n) is 14.2. The molecule has 0 saturated carbocycles. The quantitative estimate of drug-likeness (QED) is 0.560. The highest BCUT2D eigenvalue weighted by atomic mass is 16.6. The molecule has 1 atom stereocenters. The number of anilines is 1. The van der Waals surface area contributed by atoms with Crippen molar-refractivity contribution in [2.24, 2.45) is 0 Å². The van der Waals surface area contributed by atoms with Crippen LogP contribution >= 0.6 is 0 Å². The third-order valence-electron chi connectivity index (χ3n) is 4.72. The highest BCUT2D eigenvalue weighted by Gasteiger charge is 2.24. The van der Waals surface area contributed by atoms with Gasteiger partial charge in [-0.25, -0.2) is 4.98 Å². The normalized spacial score (nSPS) is 16.1. The molecule has 0 amide bonds. The first-order chi connectivity index (χ1) is 12.7. The van der Waals surface area contributed by atoms with Crippen LogP contribution in [-0.2, 0) is 13.0 Å². The molecule has 1 aromatic carbocycles. The van der Waals surface area contributed by atoms with Gasteiger partial charge in [-0.15, -0.1) is 0 Å². The lowest BCUT2D eigenvalue weighted by molar-refractivity contribution is -0.385. The van der Waals surface area contributed by atoms with Crippen LogP contribution in [0.4, 0.5) is 11.5 Å². The van der Waals surface area contributed by atoms with Gasteiger partial charge in [-0.3, -0.25) is 14.8 Å². The number of benzene rings is 1. The summed E-state index contributed by atoms with van der Waals surface area (Å²) >= 11 is 0. The molecule has 0 bridgehead atoms. The van der Waals surface area contributed by atoms with Crippen LogP contribution in [-0.4, -0.2) is 19.7 Å². The molecule has 1 aliphatic rings. The summed E-state index contributed by atoms with van der Waals surface area (Å²) in [6, 6.07) is 13.5. The van der Waals surface area contributed by atoms with Crippen LogP contribution in [0.15, 0.2) is 54.9 Å². The zero-order chi connectivity index (χ0) is 17.9. The van der Waals surface area contributed by atoms with Crippen molar-refractivity contribution in [1.29, 1.82) is 0 Å². The van der Waals surface area contributed by atoms with E-state index in [1.165, 1.54) is 29.1 Å². The number of pyridine rings is 1. The number of nitrogens with one attached hydrogen (secondary N) is 1. The Balaban J connectivity index is 1.53. The van der Waals surface area contributed by atoms with Crippen molar-refractivity contribution < 1.29 is 4.92 Å². The molecule has 0 saturated heterocycles. The van der Waals surface area contributed by atoms with E-state index in [1.54, 1.807) is 6.07 Å². The van der Waals surface area contributed by atoms with Crippen LogP contribution in [0.1, 0.15) is 35.7 Å². The van der Waals surface area contributed by atoms with E-state index in [4.69, 9.17) is 0 Å². The lowest BCUT2D eigenvalue weighted by Crippen LogP contribution is -2.19. The molecule has 2 heterocycles. The van der Waals surface area contributed by atoms with E-state index in [9.17, 15) is 10.1 Å². The minimum Gasteiger partial charge on any atom is -0.363 e. The second-order valence-electron chi connectivity index (χ2n) is 6.44. The molecule has 132 valence electrons. The van der Waals surface area contributed by atoms with Gasteiger partial charge in [0, 0.05) is 17.3 Å². The molecule has 1 unspecified atom stereocenters. The van der Waals surface area contributed by atoms with Gasteiger partial charge >= 0.3 is 0 Å². The van der Waals surface area contributed by atoms with Crippen molar-refractivity contribution in [3.8, 4) is 0 Å². The van der Waals surface area contributed by atoms with Gasteiger partial charge in [0.05, 0.1) is 23.7 Å². The van der Waals surface area contributed by atoms with E-state index < -0.39 is 4.92 Å². The van der Waals surface area contributed by atoms with Gasteiger partial charge < -0.3 is 5.32 Å². The maximum Gasteiger partial charge on any atom is 0.287 e. The summed E-state index contributed by atoms with van der Waals surface area (Å²) in [7, 11) is 0. The second kappa shape index (κ2) is 6.95. The Kier molecular flexibility index (Phi) is 4.35. The highest BCUT2D eigenvalue weighted by molar-refractivity contribution is 5.43. The Labute approximate surface area is 150 Å². The van der Waals surface area contributed by atoms with Gasteiger partial charge in [0.15, 0.2) is 0 Å². The van der Waals surface area contributed by atoms with Crippen molar-refractivity contribution in [2.75, 3.05) is 5.32 Å². The highest BCUT2D eigenvalue weighted by Crippen LogP contribution is 2.32. The smallest absolute Gasteiger partial charge is 0.287 e. The van der Waals surface area contributed by atoms with E-state index in [-0.39, 0.29) is 11.7 Å². The number of hydrogen-bond donors (Lipinski definition) is 1. The molecule has 1 N–H and O–H groups in total. The first kappa shape index (κ1) is 16.3. The molecule has 0 fully saturated rings. The third kappa shape index (κ3) is 3.28. The fourth-order valence-corrected chi connectivity index (χ4v) is 3.42. The van der Waals surface area contributed by atoms with Gasteiger partial charge in [-0.05, 0) is 30.9 Å². The summed E-state index contributed by atoms with van der Waals surface area (Å²) < 4.78 is 2.07. The topological polar surface area (TPSA) is 85.9 Å². The average molecular weight is 349 g/mol. The molecule has 4 rings (SSSR count). The zero-order valence-corrected chi connectivity index (χ0v) is 14.2. The van der Waals surface area contributed by atoms with Crippen molar-refractivity contribution in [2.45, 2.75) is 31.8 Å². The first-order valence-electron chi connectivity index (χ1n) is 8.66. The maximum absolute atomic E-state index is 10.8. The Morgan fingerprint density at radius 2 is 2.04 bits per heavy atom. The molecular weight excluding hydrogens is 330 g/mol. The van der Waals surface area contributed by atoms with E-state index in [1.807, 2.05) is 24.4 Å². The van der Waals surface area contributed by atoms with E-state index in [0.29, 0.717) is 5.82 Å². The summed E-state index contributed by atoms with van der Waals surface area (Å²) in [4.78, 5) is 14.5. The molecule has 2 aromatic heterocycles.